The number of nitrogens with zero attached hydrogens (tertiary/aromatic N) is 3. The Morgan fingerprint density at radius 2 is 2.32 bits per heavy atom. The molecule has 0 aliphatic heterocycles. The second-order valence-corrected chi connectivity index (χ2v) is 5.51. The van der Waals surface area contributed by atoms with Gasteiger partial charge in [-0.05, 0) is 30.9 Å². The lowest BCUT2D eigenvalue weighted by molar-refractivity contribution is 0.0688. The predicted molar refractivity (Wildman–Crippen MR) is 67.9 cm³/mol. The minimum Gasteiger partial charge on any atom is -0.476 e. The molecule has 2 heterocycles. The highest BCUT2D eigenvalue weighted by molar-refractivity contribution is 6.30. The van der Waals surface area contributed by atoms with E-state index in [9.17, 15) is 9.90 Å². The van der Waals surface area contributed by atoms with Gasteiger partial charge in [-0.2, -0.15) is 5.10 Å². The van der Waals surface area contributed by atoms with Gasteiger partial charge >= 0.3 is 5.97 Å². The van der Waals surface area contributed by atoms with E-state index in [4.69, 9.17) is 11.6 Å². The molecule has 2 atom stereocenters. The highest BCUT2D eigenvalue weighted by atomic mass is 35.5. The fraction of sp³-hybridized carbons (Fsp3) is 0.308. The standard InChI is InChI=1S/C13H10ClN3O2/c14-7-1-2-10(15-5-7)17-12-8-3-6(8)4-9(12)11(16-17)13(18)19/h1-2,5-6,8H,3-4H2,(H,18,19)/t6-,8-/m1/s1. The minimum atomic E-state index is -0.967. The Morgan fingerprint density at radius 1 is 1.47 bits per heavy atom. The van der Waals surface area contributed by atoms with E-state index < -0.39 is 5.97 Å². The van der Waals surface area contributed by atoms with Crippen LogP contribution in [0.1, 0.15) is 34.1 Å². The quantitative estimate of drug-likeness (QED) is 0.913. The molecule has 5 nitrogen and oxygen atoms in total. The van der Waals surface area contributed by atoms with Crippen molar-refractivity contribution in [2.24, 2.45) is 5.92 Å². The molecule has 1 saturated carbocycles. The van der Waals surface area contributed by atoms with Crippen LogP contribution in [-0.2, 0) is 6.42 Å². The van der Waals surface area contributed by atoms with Gasteiger partial charge in [-0.25, -0.2) is 14.5 Å². The molecule has 96 valence electrons. The Morgan fingerprint density at radius 3 is 3.00 bits per heavy atom. The van der Waals surface area contributed by atoms with Crippen LogP contribution in [0.2, 0.25) is 5.02 Å². The van der Waals surface area contributed by atoms with Gasteiger partial charge in [-0.15, -0.1) is 0 Å². The third-order valence-corrected chi connectivity index (χ3v) is 4.12. The summed E-state index contributed by atoms with van der Waals surface area (Å²) in [6.45, 7) is 0. The minimum absolute atomic E-state index is 0.166. The molecule has 4 rings (SSSR count). The molecule has 0 amide bonds. The first kappa shape index (κ1) is 11.0. The molecule has 2 aromatic heterocycles. The monoisotopic (exact) mass is 275 g/mol. The van der Waals surface area contributed by atoms with Crippen molar-refractivity contribution < 1.29 is 9.90 Å². The molecule has 0 aromatic carbocycles. The summed E-state index contributed by atoms with van der Waals surface area (Å²) in [5.74, 6) is 0.712. The maximum atomic E-state index is 11.3. The van der Waals surface area contributed by atoms with Crippen molar-refractivity contribution in [2.75, 3.05) is 0 Å². The topological polar surface area (TPSA) is 68.0 Å². The molecule has 1 N–H and O–H groups in total. The Balaban J connectivity index is 1.91. The zero-order chi connectivity index (χ0) is 13.1. The molecule has 2 aliphatic rings. The number of carbonyl (C=O) groups is 1. The van der Waals surface area contributed by atoms with E-state index in [1.54, 1.807) is 23.0 Å². The maximum Gasteiger partial charge on any atom is 0.356 e. The molecular formula is C13H10ClN3O2. The van der Waals surface area contributed by atoms with E-state index in [-0.39, 0.29) is 5.69 Å². The summed E-state index contributed by atoms with van der Waals surface area (Å²) >= 11 is 5.82. The second-order valence-electron chi connectivity index (χ2n) is 5.07. The smallest absolute Gasteiger partial charge is 0.356 e. The van der Waals surface area contributed by atoms with Crippen LogP contribution in [0, 0.1) is 5.92 Å². The number of carboxylic acid groups (broad SMARTS) is 1. The van der Waals surface area contributed by atoms with E-state index in [2.05, 4.69) is 10.1 Å². The first-order valence-electron chi connectivity index (χ1n) is 6.12. The molecular weight excluding hydrogens is 266 g/mol. The normalized spacial score (nSPS) is 23.0. The molecule has 6 heteroatoms. The first-order chi connectivity index (χ1) is 9.15. The Labute approximate surface area is 113 Å². The van der Waals surface area contributed by atoms with Crippen molar-refractivity contribution >= 4 is 17.6 Å². The Bertz CT molecular complexity index is 693. The van der Waals surface area contributed by atoms with Gasteiger partial charge in [0, 0.05) is 17.7 Å². The highest BCUT2D eigenvalue weighted by Crippen LogP contribution is 2.57. The average Bonchev–Trinajstić information content (AvgIpc) is 2.89. The summed E-state index contributed by atoms with van der Waals surface area (Å²) in [7, 11) is 0. The fourth-order valence-corrected chi connectivity index (χ4v) is 3.07. The first-order valence-corrected chi connectivity index (χ1v) is 6.50. The lowest BCUT2D eigenvalue weighted by atomic mass is 10.1. The number of carboxylic acids is 1. The third kappa shape index (κ3) is 1.51. The Hall–Kier alpha value is -1.88. The van der Waals surface area contributed by atoms with Crippen molar-refractivity contribution in [3.8, 4) is 5.82 Å². The summed E-state index contributed by atoms with van der Waals surface area (Å²) in [5, 5.41) is 14.0. The predicted octanol–water partition coefficient (Wildman–Crippen LogP) is 2.28. The highest BCUT2D eigenvalue weighted by Gasteiger charge is 2.50. The molecule has 1 fully saturated rings. The zero-order valence-corrected chi connectivity index (χ0v) is 10.6. The number of hydrogen-bond acceptors (Lipinski definition) is 3. The molecule has 0 spiro atoms. The van der Waals surface area contributed by atoms with Gasteiger partial charge in [-0.1, -0.05) is 11.6 Å². The SMILES string of the molecule is O=C(O)c1nn(-c2ccc(Cl)cn2)c2c1C[C@H]1C[C@@H]21. The van der Waals surface area contributed by atoms with Crippen molar-refractivity contribution in [1.29, 1.82) is 0 Å². The molecule has 0 unspecified atom stereocenters. The van der Waals surface area contributed by atoms with Crippen LogP contribution in [-0.4, -0.2) is 25.8 Å². The average molecular weight is 276 g/mol. The third-order valence-electron chi connectivity index (χ3n) is 3.89. The van der Waals surface area contributed by atoms with Gasteiger partial charge in [0.15, 0.2) is 11.5 Å². The van der Waals surface area contributed by atoms with Gasteiger partial charge < -0.3 is 5.11 Å². The van der Waals surface area contributed by atoms with Crippen LogP contribution in [0.5, 0.6) is 0 Å². The molecule has 2 aromatic rings. The van der Waals surface area contributed by atoms with E-state index in [0.717, 1.165) is 24.1 Å². The summed E-state index contributed by atoms with van der Waals surface area (Å²) in [4.78, 5) is 15.5. The lowest BCUT2D eigenvalue weighted by Crippen LogP contribution is -2.05. The van der Waals surface area contributed by atoms with Gasteiger partial charge in [0.25, 0.3) is 0 Å². The summed E-state index contributed by atoms with van der Waals surface area (Å²) < 4.78 is 1.67. The second kappa shape index (κ2) is 3.57. The fourth-order valence-electron chi connectivity index (χ4n) is 2.96. The van der Waals surface area contributed by atoms with Crippen LogP contribution < -0.4 is 0 Å². The van der Waals surface area contributed by atoms with Crippen molar-refractivity contribution in [1.82, 2.24) is 14.8 Å². The van der Waals surface area contributed by atoms with Gasteiger partial charge in [0.2, 0.25) is 0 Å². The van der Waals surface area contributed by atoms with Crippen molar-refractivity contribution in [3.63, 3.8) is 0 Å². The summed E-state index contributed by atoms with van der Waals surface area (Å²) in [6, 6.07) is 3.49. The number of pyridine rings is 1. The van der Waals surface area contributed by atoms with Crippen molar-refractivity contribution in [2.45, 2.75) is 18.8 Å². The Kier molecular flexibility index (Phi) is 2.07. The van der Waals surface area contributed by atoms with Gasteiger partial charge in [0.1, 0.15) is 0 Å². The molecule has 19 heavy (non-hydrogen) atoms. The molecule has 0 radical (unpaired) electrons. The maximum absolute atomic E-state index is 11.3. The zero-order valence-electron chi connectivity index (χ0n) is 9.88. The van der Waals surface area contributed by atoms with E-state index in [0.29, 0.717) is 22.7 Å². The molecule has 0 saturated heterocycles. The van der Waals surface area contributed by atoms with E-state index in [1.807, 2.05) is 0 Å². The van der Waals surface area contributed by atoms with Crippen LogP contribution >= 0.6 is 11.6 Å². The number of aromatic carboxylic acids is 1. The largest absolute Gasteiger partial charge is 0.476 e. The van der Waals surface area contributed by atoms with Crippen LogP contribution in [0.3, 0.4) is 0 Å². The number of aromatic nitrogens is 3. The molecule has 0 bridgehead atoms. The summed E-state index contributed by atoms with van der Waals surface area (Å²) in [5.41, 5.74) is 2.07. The van der Waals surface area contributed by atoms with E-state index >= 15 is 0 Å². The number of rotatable bonds is 2. The molecule has 2 aliphatic carbocycles. The van der Waals surface area contributed by atoms with E-state index in [1.165, 1.54) is 0 Å². The summed E-state index contributed by atoms with van der Waals surface area (Å²) in [6.07, 6.45) is 3.51. The van der Waals surface area contributed by atoms with Crippen LogP contribution in [0.4, 0.5) is 0 Å². The van der Waals surface area contributed by atoms with Crippen LogP contribution in [0.25, 0.3) is 5.82 Å². The number of halogens is 1. The van der Waals surface area contributed by atoms with Crippen LogP contribution in [0.15, 0.2) is 18.3 Å². The number of hydrogen-bond donors (Lipinski definition) is 1. The van der Waals surface area contributed by atoms with Gasteiger partial charge in [0.05, 0.1) is 10.7 Å². The number of fused-ring (bicyclic) bond motifs is 3. The van der Waals surface area contributed by atoms with Gasteiger partial charge in [-0.3, -0.25) is 0 Å². The van der Waals surface area contributed by atoms with Crippen molar-refractivity contribution in [3.05, 3.63) is 40.3 Å². The lowest BCUT2D eigenvalue weighted by Gasteiger charge is -2.04.